The molecule has 0 aliphatic carbocycles. The highest BCUT2D eigenvalue weighted by atomic mass is 35.5. The minimum atomic E-state index is -0.631. The predicted octanol–water partition coefficient (Wildman–Crippen LogP) is 6.23. The third kappa shape index (κ3) is 7.04. The van der Waals surface area contributed by atoms with Crippen LogP contribution in [-0.2, 0) is 4.79 Å². The quantitative estimate of drug-likeness (QED) is 0.209. The van der Waals surface area contributed by atoms with Crippen molar-refractivity contribution in [2.24, 2.45) is 0 Å². The Hall–Kier alpha value is -4.06. The van der Waals surface area contributed by atoms with Gasteiger partial charge in [0.2, 0.25) is 5.91 Å². The van der Waals surface area contributed by atoms with Crippen molar-refractivity contribution in [1.82, 2.24) is 14.9 Å². The smallest absolute Gasteiger partial charge is 0.327 e. The summed E-state index contributed by atoms with van der Waals surface area (Å²) in [6.07, 6.45) is 4.61. The van der Waals surface area contributed by atoms with Crippen LogP contribution in [0.15, 0.2) is 49.3 Å². The summed E-state index contributed by atoms with van der Waals surface area (Å²) in [7, 11) is 2.87. The first-order valence-electron chi connectivity index (χ1n) is 13.3. The molecule has 3 amide bonds. The van der Waals surface area contributed by atoms with Crippen molar-refractivity contribution in [2.45, 2.75) is 25.7 Å². The van der Waals surface area contributed by atoms with Gasteiger partial charge in [0.15, 0.2) is 0 Å². The summed E-state index contributed by atoms with van der Waals surface area (Å²) in [6.45, 7) is 8.86. The Labute approximate surface area is 254 Å². The van der Waals surface area contributed by atoms with E-state index in [9.17, 15) is 14.7 Å². The van der Waals surface area contributed by atoms with Gasteiger partial charge in [-0.15, -0.1) is 0 Å². The monoisotopic (exact) mass is 613 g/mol. The van der Waals surface area contributed by atoms with Crippen LogP contribution in [0.5, 0.6) is 11.5 Å². The van der Waals surface area contributed by atoms with Gasteiger partial charge in [0.1, 0.15) is 39.5 Å². The van der Waals surface area contributed by atoms with Crippen molar-refractivity contribution in [3.8, 4) is 11.5 Å². The molecule has 1 aliphatic rings. The van der Waals surface area contributed by atoms with Crippen molar-refractivity contribution < 1.29 is 19.4 Å². The second-order valence-electron chi connectivity index (χ2n) is 9.68. The lowest BCUT2D eigenvalue weighted by Crippen LogP contribution is -2.32. The maximum atomic E-state index is 13.1. The average molecular weight is 615 g/mol. The highest BCUT2D eigenvalue weighted by molar-refractivity contribution is 6.41. The summed E-state index contributed by atoms with van der Waals surface area (Å²) in [4.78, 5) is 37.5. The summed E-state index contributed by atoms with van der Waals surface area (Å²) in [5, 5.41) is 18.7. The predicted molar refractivity (Wildman–Crippen MR) is 167 cm³/mol. The summed E-state index contributed by atoms with van der Waals surface area (Å²) >= 11 is 12.5. The first kappa shape index (κ1) is 30.9. The minimum absolute atomic E-state index is 0.0116. The van der Waals surface area contributed by atoms with Crippen LogP contribution in [0, 0.1) is 0 Å². The van der Waals surface area contributed by atoms with Crippen LogP contribution in [-0.4, -0.2) is 65.7 Å². The van der Waals surface area contributed by atoms with Gasteiger partial charge in [0.25, 0.3) is 0 Å². The second kappa shape index (κ2) is 13.7. The molecule has 13 heteroatoms. The number of likely N-dealkylation sites (tertiary alicyclic amines) is 1. The SMILES string of the molecule is C=CC(=O)Nc1cc(C2CCN(CC)CC2)ccc1Nc1cc(N(C)C(=O)Nc2c(Cl)c(O)cc(OC)c2Cl)ncn1. The van der Waals surface area contributed by atoms with Crippen LogP contribution in [0.25, 0.3) is 0 Å². The number of nitrogens with one attached hydrogen (secondary N) is 3. The van der Waals surface area contributed by atoms with E-state index in [0.29, 0.717) is 23.1 Å². The fraction of sp³-hybridized carbons (Fsp3) is 0.310. The summed E-state index contributed by atoms with van der Waals surface area (Å²) < 4.78 is 5.13. The van der Waals surface area contributed by atoms with Gasteiger partial charge in [-0.1, -0.05) is 42.8 Å². The van der Waals surface area contributed by atoms with Gasteiger partial charge in [-0.25, -0.2) is 14.8 Å². The molecule has 0 bridgehead atoms. The fourth-order valence-electron chi connectivity index (χ4n) is 4.68. The number of benzene rings is 2. The van der Waals surface area contributed by atoms with Crippen LogP contribution in [0.1, 0.15) is 31.2 Å². The topological polar surface area (TPSA) is 132 Å². The lowest BCUT2D eigenvalue weighted by molar-refractivity contribution is -0.111. The second-order valence-corrected chi connectivity index (χ2v) is 10.4. The molecule has 1 aromatic heterocycles. The number of rotatable bonds is 9. The zero-order valence-corrected chi connectivity index (χ0v) is 25.1. The standard InChI is InChI=1S/C29H33Cl2N7O4/c1-5-25(40)35-20-13-18(17-9-11-38(6-2)12-10-17)7-8-19(20)34-23-15-24(33-16-32-23)37(3)29(41)36-28-26(30)21(39)14-22(42-4)27(28)31/h5,7-8,13-17,39H,1,6,9-12H2,2-4H3,(H,35,40)(H,36,41)(H,32,33,34). The molecule has 1 fully saturated rings. The molecule has 0 saturated carbocycles. The molecule has 1 saturated heterocycles. The molecule has 0 radical (unpaired) electrons. The molecule has 4 rings (SSSR count). The van der Waals surface area contributed by atoms with Crippen molar-refractivity contribution in [1.29, 1.82) is 0 Å². The molecule has 0 spiro atoms. The zero-order chi connectivity index (χ0) is 30.4. The van der Waals surface area contributed by atoms with Crippen molar-refractivity contribution in [3.05, 3.63) is 64.9 Å². The maximum absolute atomic E-state index is 13.1. The number of phenolic OH excluding ortho intramolecular Hbond substituents is 1. The number of phenols is 1. The van der Waals surface area contributed by atoms with Gasteiger partial charge < -0.3 is 30.7 Å². The molecule has 2 heterocycles. The zero-order valence-electron chi connectivity index (χ0n) is 23.6. The molecule has 42 heavy (non-hydrogen) atoms. The number of anilines is 5. The Bertz CT molecular complexity index is 1480. The van der Waals surface area contributed by atoms with Crippen molar-refractivity contribution in [3.63, 3.8) is 0 Å². The first-order chi connectivity index (χ1) is 20.1. The van der Waals surface area contributed by atoms with Gasteiger partial charge in [-0.3, -0.25) is 9.69 Å². The van der Waals surface area contributed by atoms with E-state index in [4.69, 9.17) is 27.9 Å². The van der Waals surface area contributed by atoms with Gasteiger partial charge >= 0.3 is 6.03 Å². The van der Waals surface area contributed by atoms with E-state index in [1.165, 1.54) is 37.5 Å². The highest BCUT2D eigenvalue weighted by Crippen LogP contribution is 2.43. The van der Waals surface area contributed by atoms with E-state index in [-0.39, 0.29) is 39.0 Å². The van der Waals surface area contributed by atoms with E-state index in [1.807, 2.05) is 12.1 Å². The Balaban J connectivity index is 1.54. The number of aromatic hydroxyl groups is 1. The van der Waals surface area contributed by atoms with Crippen molar-refractivity contribution in [2.75, 3.05) is 54.6 Å². The van der Waals surface area contributed by atoms with Gasteiger partial charge in [-0.05, 0) is 62.2 Å². The molecule has 0 unspecified atom stereocenters. The summed E-state index contributed by atoms with van der Waals surface area (Å²) in [5.41, 5.74) is 2.34. The number of aromatic nitrogens is 2. The third-order valence-electron chi connectivity index (χ3n) is 7.16. The lowest BCUT2D eigenvalue weighted by Gasteiger charge is -2.31. The normalized spacial score (nSPS) is 13.7. The summed E-state index contributed by atoms with van der Waals surface area (Å²) in [5.74, 6) is 0.528. The van der Waals surface area contributed by atoms with Gasteiger partial charge in [0, 0.05) is 19.2 Å². The molecule has 4 N–H and O–H groups in total. The molecular formula is C29H33Cl2N7O4. The number of carbonyl (C=O) groups is 2. The molecular weight excluding hydrogens is 581 g/mol. The summed E-state index contributed by atoms with van der Waals surface area (Å²) in [6, 6.07) is 8.12. The van der Waals surface area contributed by atoms with E-state index in [0.717, 1.165) is 38.0 Å². The first-order valence-corrected chi connectivity index (χ1v) is 14.1. The van der Waals surface area contributed by atoms with Crippen LogP contribution in [0.4, 0.5) is 33.5 Å². The number of carbonyl (C=O) groups excluding carboxylic acids is 2. The van der Waals surface area contributed by atoms with Gasteiger partial charge in [-0.2, -0.15) is 0 Å². The third-order valence-corrected chi connectivity index (χ3v) is 7.91. The van der Waals surface area contributed by atoms with Crippen LogP contribution in [0.2, 0.25) is 10.0 Å². The Morgan fingerprint density at radius 2 is 1.88 bits per heavy atom. The van der Waals surface area contributed by atoms with E-state index in [2.05, 4.69) is 50.4 Å². The molecule has 3 aromatic rings. The maximum Gasteiger partial charge on any atom is 0.327 e. The largest absolute Gasteiger partial charge is 0.506 e. The number of hydrogen-bond acceptors (Lipinski definition) is 8. The number of halogens is 2. The lowest BCUT2D eigenvalue weighted by atomic mass is 9.89. The molecule has 0 atom stereocenters. The molecule has 11 nitrogen and oxygen atoms in total. The van der Waals surface area contributed by atoms with E-state index >= 15 is 0 Å². The van der Waals surface area contributed by atoms with E-state index in [1.54, 1.807) is 6.07 Å². The number of urea groups is 1. The average Bonchev–Trinajstić information content (AvgIpc) is 3.01. The number of nitrogens with zero attached hydrogens (tertiary/aromatic N) is 4. The number of amides is 3. The number of hydrogen-bond donors (Lipinski definition) is 4. The Morgan fingerprint density at radius 3 is 2.55 bits per heavy atom. The Morgan fingerprint density at radius 1 is 1.14 bits per heavy atom. The van der Waals surface area contributed by atoms with E-state index < -0.39 is 6.03 Å². The van der Waals surface area contributed by atoms with Gasteiger partial charge in [0.05, 0.1) is 24.2 Å². The number of ether oxygens (including phenoxy) is 1. The minimum Gasteiger partial charge on any atom is -0.506 e. The van der Waals surface area contributed by atoms with Crippen LogP contribution < -0.4 is 25.6 Å². The number of methoxy groups -OCH3 is 1. The van der Waals surface area contributed by atoms with Crippen LogP contribution in [0.3, 0.4) is 0 Å². The number of piperidine rings is 1. The van der Waals surface area contributed by atoms with Crippen LogP contribution >= 0.6 is 23.2 Å². The molecule has 1 aliphatic heterocycles. The highest BCUT2D eigenvalue weighted by Gasteiger charge is 2.23. The molecule has 2 aromatic carbocycles. The van der Waals surface area contributed by atoms with Crippen molar-refractivity contribution >= 4 is 63.8 Å². The fourth-order valence-corrected chi connectivity index (χ4v) is 5.20. The molecule has 222 valence electrons. The Kier molecular flexibility index (Phi) is 10.1.